The third-order valence-electron chi connectivity index (χ3n) is 6.14. The molecule has 3 heterocycles. The highest BCUT2D eigenvalue weighted by molar-refractivity contribution is 5.86. The maximum absolute atomic E-state index is 11.9. The van der Waals surface area contributed by atoms with Crippen molar-refractivity contribution in [1.82, 2.24) is 24.6 Å². The van der Waals surface area contributed by atoms with Gasteiger partial charge in [-0.3, -0.25) is 14.4 Å². The van der Waals surface area contributed by atoms with Crippen molar-refractivity contribution in [2.24, 2.45) is 14.1 Å². The molecule has 2 aromatic heterocycles. The van der Waals surface area contributed by atoms with E-state index in [0.717, 1.165) is 25.4 Å². The van der Waals surface area contributed by atoms with Gasteiger partial charge in [-0.1, -0.05) is 0 Å². The Labute approximate surface area is 171 Å². The van der Waals surface area contributed by atoms with E-state index in [4.69, 9.17) is 4.74 Å². The molecule has 2 atom stereocenters. The number of hydrogen-bond donors (Lipinski definition) is 1. The molecule has 0 unspecified atom stereocenters. The molecule has 3 aromatic rings. The highest BCUT2D eigenvalue weighted by Crippen LogP contribution is 2.36. The number of aryl methyl sites for hydroxylation is 2. The van der Waals surface area contributed by atoms with Gasteiger partial charge < -0.3 is 14.6 Å². The summed E-state index contributed by atoms with van der Waals surface area (Å²) in [5.41, 5.74) is 4.84. The molecule has 1 fully saturated rings. The number of nitrogens with zero attached hydrogens (tertiary/aromatic N) is 4. The van der Waals surface area contributed by atoms with Crippen molar-refractivity contribution in [3.8, 4) is 5.75 Å². The standard InChI is InChI=1S/C22H29N5O2/c1-14-16(9-23-26(14)4)10-27-12-20(21(13-27)24-15(2)28)19-11-25(3)22-7-6-17(29-5)8-18(19)22/h6-9,11,20-21H,10,12-13H2,1-5H3,(H,24,28)/t20-,21+/m1/s1. The van der Waals surface area contributed by atoms with Gasteiger partial charge in [0, 0.05) is 81.0 Å². The van der Waals surface area contributed by atoms with Gasteiger partial charge in [0.1, 0.15) is 5.75 Å². The van der Waals surface area contributed by atoms with Crippen LogP contribution in [0.1, 0.15) is 29.7 Å². The highest BCUT2D eigenvalue weighted by atomic mass is 16.5. The smallest absolute Gasteiger partial charge is 0.217 e. The number of likely N-dealkylation sites (tertiary alicyclic amines) is 1. The number of aromatic nitrogens is 3. The van der Waals surface area contributed by atoms with Crippen LogP contribution in [0.3, 0.4) is 0 Å². The van der Waals surface area contributed by atoms with Crippen LogP contribution in [-0.2, 0) is 25.4 Å². The van der Waals surface area contributed by atoms with Gasteiger partial charge in [0.05, 0.1) is 13.3 Å². The van der Waals surface area contributed by atoms with Gasteiger partial charge in [0.15, 0.2) is 0 Å². The molecule has 0 saturated carbocycles. The van der Waals surface area contributed by atoms with E-state index in [2.05, 4.69) is 52.2 Å². The number of amides is 1. The maximum atomic E-state index is 11.9. The first-order chi connectivity index (χ1) is 13.9. The fourth-order valence-corrected chi connectivity index (χ4v) is 4.50. The average Bonchev–Trinajstić information content (AvgIpc) is 3.33. The van der Waals surface area contributed by atoms with Gasteiger partial charge in [0.25, 0.3) is 0 Å². The van der Waals surface area contributed by atoms with Crippen LogP contribution < -0.4 is 10.1 Å². The van der Waals surface area contributed by atoms with Crippen LogP contribution in [0, 0.1) is 6.92 Å². The maximum Gasteiger partial charge on any atom is 0.217 e. The molecule has 0 aliphatic carbocycles. The summed E-state index contributed by atoms with van der Waals surface area (Å²) in [6, 6.07) is 6.25. The van der Waals surface area contributed by atoms with Gasteiger partial charge in [-0.2, -0.15) is 5.10 Å². The first kappa shape index (κ1) is 19.5. The molecule has 29 heavy (non-hydrogen) atoms. The van der Waals surface area contributed by atoms with E-state index in [-0.39, 0.29) is 17.9 Å². The van der Waals surface area contributed by atoms with Crippen LogP contribution >= 0.6 is 0 Å². The minimum atomic E-state index is 0.0113. The highest BCUT2D eigenvalue weighted by Gasteiger charge is 2.36. The van der Waals surface area contributed by atoms with Crippen molar-refractivity contribution in [2.45, 2.75) is 32.4 Å². The molecule has 7 nitrogen and oxygen atoms in total. The number of methoxy groups -OCH3 is 1. The first-order valence-electron chi connectivity index (χ1n) is 9.97. The second kappa shape index (κ2) is 7.55. The van der Waals surface area contributed by atoms with E-state index in [1.165, 1.54) is 27.7 Å². The summed E-state index contributed by atoms with van der Waals surface area (Å²) in [4.78, 5) is 14.3. The SMILES string of the molecule is COc1ccc2c(c1)c([C@H]1CN(Cc3cnn(C)c3C)C[C@@H]1NC(C)=O)cn2C. The lowest BCUT2D eigenvalue weighted by Gasteiger charge is -2.19. The molecule has 1 aliphatic heterocycles. The molecule has 7 heteroatoms. The van der Waals surface area contributed by atoms with Crippen LogP contribution in [-0.4, -0.2) is 51.4 Å². The van der Waals surface area contributed by atoms with Crippen molar-refractivity contribution >= 4 is 16.8 Å². The Hall–Kier alpha value is -2.80. The van der Waals surface area contributed by atoms with Crippen LogP contribution in [0.25, 0.3) is 10.9 Å². The monoisotopic (exact) mass is 395 g/mol. The Morgan fingerprint density at radius 1 is 1.31 bits per heavy atom. The molecule has 154 valence electrons. The minimum absolute atomic E-state index is 0.0113. The van der Waals surface area contributed by atoms with Gasteiger partial charge in [0.2, 0.25) is 5.91 Å². The summed E-state index contributed by atoms with van der Waals surface area (Å²) in [6.45, 7) is 6.23. The summed E-state index contributed by atoms with van der Waals surface area (Å²) in [6.07, 6.45) is 4.14. The number of carbonyl (C=O) groups excluding carboxylic acids is 1. The lowest BCUT2D eigenvalue weighted by Crippen LogP contribution is -2.38. The van der Waals surface area contributed by atoms with Gasteiger partial charge >= 0.3 is 0 Å². The number of nitrogens with one attached hydrogen (secondary N) is 1. The second-order valence-electron chi connectivity index (χ2n) is 8.06. The molecule has 0 bridgehead atoms. The Morgan fingerprint density at radius 3 is 2.76 bits per heavy atom. The third-order valence-corrected chi connectivity index (χ3v) is 6.14. The molecule has 1 aliphatic rings. The number of hydrogen-bond acceptors (Lipinski definition) is 4. The van der Waals surface area contributed by atoms with Crippen LogP contribution in [0.5, 0.6) is 5.75 Å². The van der Waals surface area contributed by atoms with E-state index >= 15 is 0 Å². The normalized spacial score (nSPS) is 19.8. The van der Waals surface area contributed by atoms with Gasteiger partial charge in [-0.25, -0.2) is 0 Å². The third kappa shape index (κ3) is 3.62. The predicted molar refractivity (Wildman–Crippen MR) is 113 cm³/mol. The van der Waals surface area contributed by atoms with E-state index < -0.39 is 0 Å². The molecule has 4 rings (SSSR count). The van der Waals surface area contributed by atoms with Gasteiger partial charge in [-0.15, -0.1) is 0 Å². The van der Waals surface area contributed by atoms with E-state index in [9.17, 15) is 4.79 Å². The lowest BCUT2D eigenvalue weighted by atomic mass is 9.93. The summed E-state index contributed by atoms with van der Waals surface area (Å²) in [5.74, 6) is 1.07. The molecule has 1 saturated heterocycles. The van der Waals surface area contributed by atoms with Crippen molar-refractivity contribution in [2.75, 3.05) is 20.2 Å². The molecular weight excluding hydrogens is 366 g/mol. The zero-order chi connectivity index (χ0) is 20.7. The number of fused-ring (bicyclic) bond motifs is 1. The number of rotatable bonds is 5. The number of carbonyl (C=O) groups is 1. The van der Waals surface area contributed by atoms with Crippen LogP contribution in [0.4, 0.5) is 0 Å². The van der Waals surface area contributed by atoms with E-state index in [0.29, 0.717) is 0 Å². The lowest BCUT2D eigenvalue weighted by molar-refractivity contribution is -0.119. The quantitative estimate of drug-likeness (QED) is 0.720. The van der Waals surface area contributed by atoms with Crippen LogP contribution in [0.2, 0.25) is 0 Å². The van der Waals surface area contributed by atoms with Crippen molar-refractivity contribution < 1.29 is 9.53 Å². The minimum Gasteiger partial charge on any atom is -0.497 e. The Bertz CT molecular complexity index is 1050. The fourth-order valence-electron chi connectivity index (χ4n) is 4.50. The summed E-state index contributed by atoms with van der Waals surface area (Å²) < 4.78 is 9.52. The fraction of sp³-hybridized carbons (Fsp3) is 0.455. The Kier molecular flexibility index (Phi) is 5.08. The molecule has 1 N–H and O–H groups in total. The topological polar surface area (TPSA) is 64.3 Å². The zero-order valence-electron chi connectivity index (χ0n) is 17.8. The molecular formula is C22H29N5O2. The first-order valence-corrected chi connectivity index (χ1v) is 9.97. The van der Waals surface area contributed by atoms with Crippen molar-refractivity contribution in [3.05, 3.63) is 47.4 Å². The van der Waals surface area contributed by atoms with Gasteiger partial charge in [-0.05, 0) is 30.7 Å². The van der Waals surface area contributed by atoms with Crippen LogP contribution in [0.15, 0.2) is 30.6 Å². The number of ether oxygens (including phenoxy) is 1. The Morgan fingerprint density at radius 2 is 2.10 bits per heavy atom. The summed E-state index contributed by atoms with van der Waals surface area (Å²) >= 11 is 0. The van der Waals surface area contributed by atoms with E-state index in [1.807, 2.05) is 24.0 Å². The van der Waals surface area contributed by atoms with E-state index in [1.54, 1.807) is 14.0 Å². The number of benzene rings is 1. The van der Waals surface area contributed by atoms with Crippen molar-refractivity contribution in [3.63, 3.8) is 0 Å². The molecule has 0 radical (unpaired) electrons. The largest absolute Gasteiger partial charge is 0.497 e. The molecule has 1 aromatic carbocycles. The zero-order valence-corrected chi connectivity index (χ0v) is 17.8. The predicted octanol–water partition coefficient (Wildman–Crippen LogP) is 2.33. The molecule has 0 spiro atoms. The summed E-state index contributed by atoms with van der Waals surface area (Å²) in [5, 5.41) is 8.74. The second-order valence-corrected chi connectivity index (χ2v) is 8.06. The molecule has 1 amide bonds. The Balaban J connectivity index is 1.68. The summed E-state index contributed by atoms with van der Waals surface area (Å²) in [7, 11) is 5.73. The average molecular weight is 396 g/mol. The van der Waals surface area contributed by atoms with Crippen molar-refractivity contribution in [1.29, 1.82) is 0 Å².